The van der Waals surface area contributed by atoms with Crippen molar-refractivity contribution in [1.82, 2.24) is 0 Å². The molecule has 0 radical (unpaired) electrons. The second kappa shape index (κ2) is 12.8. The molecule has 3 nitrogen and oxygen atoms in total. The van der Waals surface area contributed by atoms with E-state index in [9.17, 15) is 4.79 Å². The van der Waals surface area contributed by atoms with Gasteiger partial charge in [0.05, 0.1) is 0 Å². The second-order valence-electron chi connectivity index (χ2n) is 12.9. The molecule has 43 heavy (non-hydrogen) atoms. The number of carbonyl (C=O) groups is 1. The third-order valence-corrected chi connectivity index (χ3v) is 9.25. The van der Waals surface area contributed by atoms with E-state index in [2.05, 4.69) is 113 Å². The lowest BCUT2D eigenvalue weighted by Gasteiger charge is -2.32. The Morgan fingerprint density at radius 3 is 2.28 bits per heavy atom. The van der Waals surface area contributed by atoms with Crippen LogP contribution in [0.1, 0.15) is 95.9 Å². The van der Waals surface area contributed by atoms with E-state index in [-0.39, 0.29) is 17.0 Å². The third-order valence-electron chi connectivity index (χ3n) is 9.25. The molecular weight excluding hydrogens is 528 g/mol. The minimum absolute atomic E-state index is 0.217. The van der Waals surface area contributed by atoms with Gasteiger partial charge in [0.25, 0.3) is 0 Å². The highest BCUT2D eigenvalue weighted by molar-refractivity contribution is 5.78. The number of ether oxygens (including phenoxy) is 2. The van der Waals surface area contributed by atoms with E-state index in [0.717, 1.165) is 53.7 Å². The molecule has 1 unspecified atom stereocenters. The Morgan fingerprint density at radius 2 is 1.56 bits per heavy atom. The van der Waals surface area contributed by atoms with Gasteiger partial charge in [-0.1, -0.05) is 101 Å². The Hall–Kier alpha value is -3.85. The molecule has 4 aromatic rings. The maximum absolute atomic E-state index is 12.1. The minimum atomic E-state index is -0.318. The van der Waals surface area contributed by atoms with Crippen molar-refractivity contribution in [2.24, 2.45) is 0 Å². The van der Waals surface area contributed by atoms with Gasteiger partial charge in [0.1, 0.15) is 17.1 Å². The largest absolute Gasteiger partial charge is 0.487 e. The lowest BCUT2D eigenvalue weighted by Crippen LogP contribution is -2.32. The molecular formula is C40H46O3. The number of esters is 1. The molecule has 0 aromatic heterocycles. The van der Waals surface area contributed by atoms with Gasteiger partial charge in [-0.2, -0.15) is 0 Å². The molecule has 3 heteroatoms. The molecule has 0 saturated carbocycles. The van der Waals surface area contributed by atoms with Gasteiger partial charge in [-0.15, -0.1) is 0 Å². The van der Waals surface area contributed by atoms with Crippen molar-refractivity contribution in [1.29, 1.82) is 0 Å². The van der Waals surface area contributed by atoms with Gasteiger partial charge in [-0.3, -0.25) is 4.79 Å². The van der Waals surface area contributed by atoms with Gasteiger partial charge in [0, 0.05) is 23.5 Å². The Bertz CT molecular complexity index is 1600. The predicted molar refractivity (Wildman–Crippen MR) is 178 cm³/mol. The Morgan fingerprint density at radius 1 is 0.860 bits per heavy atom. The highest BCUT2D eigenvalue weighted by Crippen LogP contribution is 2.43. The van der Waals surface area contributed by atoms with Crippen LogP contribution >= 0.6 is 0 Å². The molecule has 0 N–H and O–H groups in total. The van der Waals surface area contributed by atoms with Crippen molar-refractivity contribution >= 4 is 5.97 Å². The van der Waals surface area contributed by atoms with Crippen LogP contribution in [0.25, 0.3) is 22.3 Å². The fourth-order valence-corrected chi connectivity index (χ4v) is 6.13. The number of fused-ring (bicyclic) bond motifs is 4. The smallest absolute Gasteiger partial charge is 0.308 e. The molecule has 2 bridgehead atoms. The summed E-state index contributed by atoms with van der Waals surface area (Å²) >= 11 is 0. The van der Waals surface area contributed by atoms with E-state index in [1.807, 2.05) is 6.07 Å². The first kappa shape index (κ1) is 30.6. The summed E-state index contributed by atoms with van der Waals surface area (Å²) in [6, 6.07) is 30.5. The molecule has 224 valence electrons. The molecule has 1 aliphatic heterocycles. The van der Waals surface area contributed by atoms with Crippen LogP contribution in [-0.4, -0.2) is 11.6 Å². The average Bonchev–Trinajstić information content (AvgIpc) is 3.04. The van der Waals surface area contributed by atoms with E-state index in [1.54, 1.807) is 0 Å². The molecule has 0 saturated heterocycles. The number of aryl methyl sites for hydroxylation is 2. The summed E-state index contributed by atoms with van der Waals surface area (Å²) in [5.41, 5.74) is 8.82. The summed E-state index contributed by atoms with van der Waals surface area (Å²) in [5, 5.41) is 0. The van der Waals surface area contributed by atoms with E-state index < -0.39 is 0 Å². The molecule has 0 spiro atoms. The van der Waals surface area contributed by atoms with Crippen LogP contribution in [0, 0.1) is 0 Å². The zero-order chi connectivity index (χ0) is 30.6. The summed E-state index contributed by atoms with van der Waals surface area (Å²) in [6.07, 6.45) is 7.58. The Kier molecular flexibility index (Phi) is 9.11. The van der Waals surface area contributed by atoms with Crippen LogP contribution in [-0.2, 0) is 23.1 Å². The van der Waals surface area contributed by atoms with Gasteiger partial charge in [-0.25, -0.2) is 0 Å². The van der Waals surface area contributed by atoms with Crippen LogP contribution in [0.5, 0.6) is 11.5 Å². The van der Waals surface area contributed by atoms with Gasteiger partial charge in [0.15, 0.2) is 0 Å². The lowest BCUT2D eigenvalue weighted by molar-refractivity contribution is -0.131. The van der Waals surface area contributed by atoms with Crippen molar-refractivity contribution in [2.45, 2.75) is 97.5 Å². The monoisotopic (exact) mass is 574 g/mol. The van der Waals surface area contributed by atoms with Gasteiger partial charge < -0.3 is 9.47 Å². The Labute approximate surface area is 258 Å². The quantitative estimate of drug-likeness (QED) is 0.113. The molecule has 4 aromatic carbocycles. The lowest BCUT2D eigenvalue weighted by atomic mass is 9.76. The molecule has 0 amide bonds. The van der Waals surface area contributed by atoms with Crippen molar-refractivity contribution in [3.63, 3.8) is 0 Å². The first-order valence-corrected chi connectivity index (χ1v) is 16.0. The maximum atomic E-state index is 12.1. The van der Waals surface area contributed by atoms with Crippen LogP contribution in [0.4, 0.5) is 0 Å². The summed E-state index contributed by atoms with van der Waals surface area (Å²) < 4.78 is 12.5. The zero-order valence-electron chi connectivity index (χ0n) is 26.8. The highest BCUT2D eigenvalue weighted by Gasteiger charge is 2.30. The van der Waals surface area contributed by atoms with E-state index in [0.29, 0.717) is 5.75 Å². The number of hydrogen-bond acceptors (Lipinski definition) is 3. The molecule has 5 rings (SSSR count). The number of unbranched alkanes of at least 4 members (excludes halogenated alkanes) is 2. The van der Waals surface area contributed by atoms with Crippen molar-refractivity contribution < 1.29 is 14.3 Å². The molecule has 1 aliphatic rings. The third kappa shape index (κ3) is 6.88. The van der Waals surface area contributed by atoms with E-state index in [4.69, 9.17) is 9.47 Å². The molecule has 1 heterocycles. The molecule has 0 aliphatic carbocycles. The predicted octanol–water partition coefficient (Wildman–Crippen LogP) is 10.5. The van der Waals surface area contributed by atoms with Crippen LogP contribution in [0.15, 0.2) is 84.9 Å². The van der Waals surface area contributed by atoms with Crippen molar-refractivity contribution in [2.75, 3.05) is 0 Å². The summed E-state index contributed by atoms with van der Waals surface area (Å²) in [4.78, 5) is 12.1. The van der Waals surface area contributed by atoms with Gasteiger partial charge >= 0.3 is 5.97 Å². The number of hydrogen-bond donors (Lipinski definition) is 0. The number of rotatable bonds is 9. The van der Waals surface area contributed by atoms with Crippen molar-refractivity contribution in [3.05, 3.63) is 107 Å². The molecule has 0 fully saturated rings. The van der Waals surface area contributed by atoms with Crippen molar-refractivity contribution in [3.8, 4) is 33.8 Å². The second-order valence-corrected chi connectivity index (χ2v) is 12.9. The topological polar surface area (TPSA) is 35.5 Å². The SMILES string of the molecule is CCCCCc1cccc(-c2cc(C(C)(C)c3ccc4c(c3)-c3cccc(c3)CCC(C)(CC)O4)ccc2OC(C)=O)c1. The van der Waals surface area contributed by atoms with Crippen LogP contribution in [0.3, 0.4) is 0 Å². The normalized spacial score (nSPS) is 16.3. The summed E-state index contributed by atoms with van der Waals surface area (Å²) in [6.45, 7) is 12.7. The summed E-state index contributed by atoms with van der Waals surface area (Å²) in [7, 11) is 0. The fraction of sp³-hybridized carbons (Fsp3) is 0.375. The van der Waals surface area contributed by atoms with Gasteiger partial charge in [0.2, 0.25) is 0 Å². The first-order chi connectivity index (χ1) is 20.6. The summed E-state index contributed by atoms with van der Waals surface area (Å²) in [5.74, 6) is 1.22. The Balaban J connectivity index is 1.58. The minimum Gasteiger partial charge on any atom is -0.487 e. The first-order valence-electron chi connectivity index (χ1n) is 16.0. The fourth-order valence-electron chi connectivity index (χ4n) is 6.13. The number of benzene rings is 4. The zero-order valence-corrected chi connectivity index (χ0v) is 26.8. The van der Waals surface area contributed by atoms with Crippen LogP contribution < -0.4 is 9.47 Å². The van der Waals surface area contributed by atoms with Gasteiger partial charge in [-0.05, 0) is 96.7 Å². The average molecular weight is 575 g/mol. The highest BCUT2D eigenvalue weighted by atomic mass is 16.5. The van der Waals surface area contributed by atoms with E-state index in [1.165, 1.54) is 48.4 Å². The molecule has 1 atom stereocenters. The maximum Gasteiger partial charge on any atom is 0.308 e. The number of carbonyl (C=O) groups excluding carboxylic acids is 1. The van der Waals surface area contributed by atoms with E-state index >= 15 is 0 Å². The standard InChI is InChI=1S/C40H46O3/c1-7-9-10-13-29-14-11-16-31(24-29)35-26-33(18-20-37(35)42-28(3)41)39(4,5)34-19-21-38-36(27-34)32-17-12-15-30(25-32)22-23-40(6,8-2)43-38/h11-12,14-21,24-27H,7-10,13,22-23H2,1-6H3. The van der Waals surface area contributed by atoms with Crippen LogP contribution in [0.2, 0.25) is 0 Å².